The lowest BCUT2D eigenvalue weighted by Crippen LogP contribution is -2.07. The number of aromatic hydroxyl groups is 1. The van der Waals surface area contributed by atoms with Gasteiger partial charge < -0.3 is 9.84 Å². The predicted molar refractivity (Wildman–Crippen MR) is 96.8 cm³/mol. The molecule has 0 atom stereocenters. The smallest absolute Gasteiger partial charge is 0.130 e. The van der Waals surface area contributed by atoms with Gasteiger partial charge in [-0.3, -0.25) is 0 Å². The maximum Gasteiger partial charge on any atom is 0.130 e. The van der Waals surface area contributed by atoms with Crippen molar-refractivity contribution in [3.8, 4) is 22.6 Å². The number of phenolic OH excluding ortho intramolecular Hbond substituents is 1. The lowest BCUT2D eigenvalue weighted by molar-refractivity contribution is 0.411. The van der Waals surface area contributed by atoms with E-state index in [-0.39, 0.29) is 0 Å². The maximum absolute atomic E-state index is 9.47. The third-order valence-corrected chi connectivity index (χ3v) is 4.81. The van der Waals surface area contributed by atoms with Crippen LogP contribution in [0.3, 0.4) is 0 Å². The SMILES string of the molecule is COc1c(Cc2ccc(O)cc2)ccc2c1-c1ccccc1CC2. The van der Waals surface area contributed by atoms with Gasteiger partial charge in [-0.15, -0.1) is 0 Å². The van der Waals surface area contributed by atoms with Crippen LogP contribution >= 0.6 is 0 Å². The van der Waals surface area contributed by atoms with E-state index in [4.69, 9.17) is 4.74 Å². The quantitative estimate of drug-likeness (QED) is 0.755. The van der Waals surface area contributed by atoms with Crippen molar-refractivity contribution in [2.24, 2.45) is 0 Å². The van der Waals surface area contributed by atoms with Crippen LogP contribution in [0.2, 0.25) is 0 Å². The Morgan fingerprint density at radius 3 is 2.42 bits per heavy atom. The number of hydrogen-bond acceptors (Lipinski definition) is 2. The molecule has 0 aromatic heterocycles. The van der Waals surface area contributed by atoms with Crippen LogP contribution in [0.25, 0.3) is 11.1 Å². The van der Waals surface area contributed by atoms with Gasteiger partial charge in [0.05, 0.1) is 7.11 Å². The number of rotatable bonds is 3. The second-order valence-corrected chi connectivity index (χ2v) is 6.29. The molecule has 2 nitrogen and oxygen atoms in total. The van der Waals surface area contributed by atoms with Crippen molar-refractivity contribution in [3.05, 3.63) is 82.9 Å². The minimum atomic E-state index is 0.296. The fourth-order valence-electron chi connectivity index (χ4n) is 3.63. The zero-order valence-electron chi connectivity index (χ0n) is 13.8. The van der Waals surface area contributed by atoms with Gasteiger partial charge in [0, 0.05) is 12.0 Å². The van der Waals surface area contributed by atoms with Crippen LogP contribution in [-0.4, -0.2) is 12.2 Å². The Kier molecular flexibility index (Phi) is 3.73. The molecule has 1 aliphatic carbocycles. The zero-order chi connectivity index (χ0) is 16.5. The molecule has 2 heteroatoms. The molecule has 0 fully saturated rings. The Bertz CT molecular complexity index is 879. The standard InChI is InChI=1S/C22H20O2/c1-24-22-18(14-15-6-12-19(23)13-7-15)11-10-17-9-8-16-4-2-3-5-20(16)21(17)22/h2-7,10-13,23H,8-9,14H2,1H3. The first-order valence-corrected chi connectivity index (χ1v) is 8.31. The van der Waals surface area contributed by atoms with Crippen LogP contribution in [-0.2, 0) is 19.3 Å². The van der Waals surface area contributed by atoms with Crippen molar-refractivity contribution in [2.45, 2.75) is 19.3 Å². The Balaban J connectivity index is 1.82. The van der Waals surface area contributed by atoms with Crippen LogP contribution in [0, 0.1) is 0 Å². The van der Waals surface area contributed by atoms with Crippen LogP contribution in [0.15, 0.2) is 60.7 Å². The van der Waals surface area contributed by atoms with E-state index >= 15 is 0 Å². The molecule has 0 radical (unpaired) electrons. The van der Waals surface area contributed by atoms with Crippen LogP contribution in [0.1, 0.15) is 22.3 Å². The Morgan fingerprint density at radius 2 is 1.62 bits per heavy atom. The first kappa shape index (κ1) is 14.8. The van der Waals surface area contributed by atoms with Gasteiger partial charge in [-0.2, -0.15) is 0 Å². The number of phenols is 1. The average molecular weight is 316 g/mol. The lowest BCUT2D eigenvalue weighted by Gasteiger charge is -2.24. The van der Waals surface area contributed by atoms with E-state index in [0.29, 0.717) is 5.75 Å². The summed E-state index contributed by atoms with van der Waals surface area (Å²) in [5, 5.41) is 9.47. The largest absolute Gasteiger partial charge is 0.508 e. The maximum atomic E-state index is 9.47. The number of methoxy groups -OCH3 is 1. The third kappa shape index (κ3) is 2.54. The van der Waals surface area contributed by atoms with Gasteiger partial charge >= 0.3 is 0 Å². The Hall–Kier alpha value is -2.74. The Labute approximate surface area is 142 Å². The molecular formula is C22H20O2. The molecule has 0 amide bonds. The van der Waals surface area contributed by atoms with E-state index in [9.17, 15) is 5.11 Å². The normalized spacial score (nSPS) is 12.4. The molecule has 0 spiro atoms. The highest BCUT2D eigenvalue weighted by molar-refractivity contribution is 5.80. The van der Waals surface area contributed by atoms with Crippen LogP contribution < -0.4 is 4.74 Å². The summed E-state index contributed by atoms with van der Waals surface area (Å²) in [6, 6.07) is 20.4. The summed E-state index contributed by atoms with van der Waals surface area (Å²) in [4.78, 5) is 0. The van der Waals surface area contributed by atoms with Crippen LogP contribution in [0.5, 0.6) is 11.5 Å². The monoisotopic (exact) mass is 316 g/mol. The highest BCUT2D eigenvalue weighted by Gasteiger charge is 2.21. The minimum Gasteiger partial charge on any atom is -0.508 e. The average Bonchev–Trinajstić information content (AvgIpc) is 2.63. The van der Waals surface area contributed by atoms with E-state index in [0.717, 1.165) is 30.6 Å². The molecule has 120 valence electrons. The molecule has 1 aliphatic rings. The molecule has 24 heavy (non-hydrogen) atoms. The predicted octanol–water partition coefficient (Wildman–Crippen LogP) is 4.76. The summed E-state index contributed by atoms with van der Waals surface area (Å²) >= 11 is 0. The third-order valence-electron chi connectivity index (χ3n) is 4.81. The van der Waals surface area contributed by atoms with Gasteiger partial charge in [-0.1, -0.05) is 48.5 Å². The number of ether oxygens (including phenoxy) is 1. The van der Waals surface area contributed by atoms with Gasteiger partial charge in [0.25, 0.3) is 0 Å². The van der Waals surface area contributed by atoms with E-state index in [2.05, 4.69) is 36.4 Å². The summed E-state index contributed by atoms with van der Waals surface area (Å²) in [6.45, 7) is 0. The molecule has 3 aromatic rings. The summed E-state index contributed by atoms with van der Waals surface area (Å²) in [6.07, 6.45) is 2.94. The van der Waals surface area contributed by atoms with Crippen molar-refractivity contribution < 1.29 is 9.84 Å². The molecular weight excluding hydrogens is 296 g/mol. The number of aryl methyl sites for hydroxylation is 2. The van der Waals surface area contributed by atoms with Crippen molar-refractivity contribution in [1.82, 2.24) is 0 Å². The molecule has 0 saturated heterocycles. The zero-order valence-corrected chi connectivity index (χ0v) is 13.8. The van der Waals surface area contributed by atoms with Crippen molar-refractivity contribution >= 4 is 0 Å². The fourth-order valence-corrected chi connectivity index (χ4v) is 3.63. The lowest BCUT2D eigenvalue weighted by atomic mass is 9.83. The number of fused-ring (bicyclic) bond motifs is 3. The highest BCUT2D eigenvalue weighted by Crippen LogP contribution is 2.42. The number of benzene rings is 3. The molecule has 3 aromatic carbocycles. The summed E-state index contributed by atoms with van der Waals surface area (Å²) in [5.41, 5.74) is 7.64. The fraction of sp³-hybridized carbons (Fsp3) is 0.182. The van der Waals surface area contributed by atoms with E-state index in [1.165, 1.54) is 27.8 Å². The summed E-state index contributed by atoms with van der Waals surface area (Å²) in [5.74, 6) is 1.28. The van der Waals surface area contributed by atoms with Crippen molar-refractivity contribution in [2.75, 3.05) is 7.11 Å². The van der Waals surface area contributed by atoms with Gasteiger partial charge in [-0.25, -0.2) is 0 Å². The molecule has 1 N–H and O–H groups in total. The summed E-state index contributed by atoms with van der Waals surface area (Å²) < 4.78 is 5.85. The van der Waals surface area contributed by atoms with Gasteiger partial charge in [0.1, 0.15) is 11.5 Å². The van der Waals surface area contributed by atoms with E-state index in [1.54, 1.807) is 19.2 Å². The minimum absolute atomic E-state index is 0.296. The topological polar surface area (TPSA) is 29.5 Å². The highest BCUT2D eigenvalue weighted by atomic mass is 16.5. The molecule has 0 unspecified atom stereocenters. The van der Waals surface area contributed by atoms with E-state index in [1.807, 2.05) is 12.1 Å². The van der Waals surface area contributed by atoms with Gasteiger partial charge in [0.15, 0.2) is 0 Å². The Morgan fingerprint density at radius 1 is 0.875 bits per heavy atom. The van der Waals surface area contributed by atoms with Gasteiger partial charge in [-0.05, 0) is 52.8 Å². The molecule has 0 bridgehead atoms. The van der Waals surface area contributed by atoms with Crippen LogP contribution in [0.4, 0.5) is 0 Å². The van der Waals surface area contributed by atoms with Crippen molar-refractivity contribution in [1.29, 1.82) is 0 Å². The first-order valence-electron chi connectivity index (χ1n) is 8.31. The molecule has 0 saturated carbocycles. The summed E-state index contributed by atoms with van der Waals surface area (Å²) in [7, 11) is 1.76. The second kappa shape index (κ2) is 6.04. The molecule has 0 aliphatic heterocycles. The number of hydrogen-bond donors (Lipinski definition) is 1. The second-order valence-electron chi connectivity index (χ2n) is 6.29. The molecule has 0 heterocycles. The van der Waals surface area contributed by atoms with Crippen molar-refractivity contribution in [3.63, 3.8) is 0 Å². The van der Waals surface area contributed by atoms with Gasteiger partial charge in [0.2, 0.25) is 0 Å². The molecule has 4 rings (SSSR count). The first-order chi connectivity index (χ1) is 11.8. The van der Waals surface area contributed by atoms with E-state index < -0.39 is 0 Å².